The molecule has 1 aromatic rings. The van der Waals surface area contributed by atoms with E-state index in [0.717, 1.165) is 6.54 Å². The van der Waals surface area contributed by atoms with Crippen LogP contribution in [-0.2, 0) is 6.54 Å². The highest BCUT2D eigenvalue weighted by Gasteiger charge is 2.42. The number of hydrogen-bond acceptors (Lipinski definition) is 2. The van der Waals surface area contributed by atoms with Gasteiger partial charge in [-0.05, 0) is 45.6 Å². The smallest absolute Gasteiger partial charge is 0.0339 e. The molecule has 94 valence electrons. The van der Waals surface area contributed by atoms with Gasteiger partial charge in [-0.2, -0.15) is 0 Å². The fourth-order valence-electron chi connectivity index (χ4n) is 3.45. The summed E-state index contributed by atoms with van der Waals surface area (Å²) in [5, 5.41) is 2.18. The van der Waals surface area contributed by atoms with Gasteiger partial charge in [0.1, 0.15) is 0 Å². The summed E-state index contributed by atoms with van der Waals surface area (Å²) in [7, 11) is 0. The van der Waals surface area contributed by atoms with Gasteiger partial charge in [0.05, 0.1) is 0 Å². The summed E-state index contributed by atoms with van der Waals surface area (Å²) in [6.07, 6.45) is 8.84. The first-order chi connectivity index (χ1) is 8.27. The Kier molecular flexibility index (Phi) is 3.60. The topological polar surface area (TPSA) is 3.24 Å². The van der Waals surface area contributed by atoms with Crippen LogP contribution in [0.4, 0.5) is 0 Å². The van der Waals surface area contributed by atoms with Crippen LogP contribution < -0.4 is 0 Å². The second-order valence-electron chi connectivity index (χ2n) is 5.75. The van der Waals surface area contributed by atoms with E-state index in [1.54, 1.807) is 0 Å². The molecule has 0 atom stereocenters. The number of thiophene rings is 1. The standard InChI is InChI=1S/C14H20BrNS/c15-12-5-8-17-13(12)9-16-10-14(11-16)6-3-1-2-4-7-14/h5,8H,1-4,6-7,9-11H2. The van der Waals surface area contributed by atoms with Gasteiger partial charge in [-0.25, -0.2) is 0 Å². The monoisotopic (exact) mass is 313 g/mol. The molecule has 0 radical (unpaired) electrons. The SMILES string of the molecule is Brc1ccsc1CN1CC2(CCCCCC2)C1. The second-order valence-corrected chi connectivity index (χ2v) is 7.61. The van der Waals surface area contributed by atoms with E-state index < -0.39 is 0 Å². The van der Waals surface area contributed by atoms with Crippen molar-refractivity contribution in [1.82, 2.24) is 4.90 Å². The van der Waals surface area contributed by atoms with E-state index in [9.17, 15) is 0 Å². The molecule has 2 fully saturated rings. The summed E-state index contributed by atoms with van der Waals surface area (Å²) in [6.45, 7) is 3.84. The second kappa shape index (κ2) is 5.02. The number of hydrogen-bond donors (Lipinski definition) is 0. The van der Waals surface area contributed by atoms with Gasteiger partial charge in [0, 0.05) is 29.0 Å². The molecule has 3 heteroatoms. The maximum absolute atomic E-state index is 3.63. The van der Waals surface area contributed by atoms with Crippen molar-refractivity contribution in [2.45, 2.75) is 45.1 Å². The Morgan fingerprint density at radius 2 is 1.88 bits per heavy atom. The Morgan fingerprint density at radius 3 is 2.47 bits per heavy atom. The lowest BCUT2D eigenvalue weighted by Gasteiger charge is -2.50. The van der Waals surface area contributed by atoms with Gasteiger partial charge in [-0.15, -0.1) is 11.3 Å². The normalized spacial score (nSPS) is 24.5. The Bertz CT molecular complexity index is 371. The van der Waals surface area contributed by atoms with Gasteiger partial charge < -0.3 is 0 Å². The van der Waals surface area contributed by atoms with Crippen LogP contribution >= 0.6 is 27.3 Å². The minimum absolute atomic E-state index is 0.709. The van der Waals surface area contributed by atoms with Gasteiger partial charge in [-0.1, -0.05) is 25.7 Å². The summed E-state index contributed by atoms with van der Waals surface area (Å²) in [5.74, 6) is 0. The van der Waals surface area contributed by atoms with E-state index in [1.807, 2.05) is 11.3 Å². The van der Waals surface area contributed by atoms with Gasteiger partial charge in [-0.3, -0.25) is 4.90 Å². The van der Waals surface area contributed by atoms with Gasteiger partial charge >= 0.3 is 0 Å². The zero-order valence-corrected chi connectivity index (χ0v) is 12.7. The molecule has 1 aliphatic heterocycles. The van der Waals surface area contributed by atoms with Crippen molar-refractivity contribution in [3.05, 3.63) is 20.8 Å². The van der Waals surface area contributed by atoms with Crippen molar-refractivity contribution in [1.29, 1.82) is 0 Å². The Balaban J connectivity index is 1.55. The average Bonchev–Trinajstić information content (AvgIpc) is 2.53. The Morgan fingerprint density at radius 1 is 1.18 bits per heavy atom. The fourth-order valence-corrected chi connectivity index (χ4v) is 4.97. The minimum Gasteiger partial charge on any atom is -0.297 e. The highest BCUT2D eigenvalue weighted by Crippen LogP contribution is 2.43. The van der Waals surface area contributed by atoms with Crippen LogP contribution in [0, 0.1) is 5.41 Å². The van der Waals surface area contributed by atoms with E-state index in [1.165, 1.54) is 61.0 Å². The molecule has 0 N–H and O–H groups in total. The first-order valence-corrected chi connectivity index (χ1v) is 8.39. The quantitative estimate of drug-likeness (QED) is 0.767. The summed E-state index contributed by atoms with van der Waals surface area (Å²) in [4.78, 5) is 4.12. The zero-order valence-electron chi connectivity index (χ0n) is 10.3. The first-order valence-electron chi connectivity index (χ1n) is 6.72. The lowest BCUT2D eigenvalue weighted by molar-refractivity contribution is -0.0170. The van der Waals surface area contributed by atoms with Gasteiger partial charge in [0.2, 0.25) is 0 Å². The molecule has 0 amide bonds. The summed E-state index contributed by atoms with van der Waals surface area (Å²) in [5.41, 5.74) is 0.709. The molecule has 1 aliphatic carbocycles. The van der Waals surface area contributed by atoms with Crippen molar-refractivity contribution in [2.75, 3.05) is 13.1 Å². The number of rotatable bonds is 2. The lowest BCUT2D eigenvalue weighted by atomic mass is 9.73. The summed E-state index contributed by atoms with van der Waals surface area (Å²) >= 11 is 5.51. The highest BCUT2D eigenvalue weighted by molar-refractivity contribution is 9.10. The Labute approximate surface area is 116 Å². The number of nitrogens with zero attached hydrogens (tertiary/aromatic N) is 1. The molecule has 0 unspecified atom stereocenters. The molecule has 1 aromatic heterocycles. The highest BCUT2D eigenvalue weighted by atomic mass is 79.9. The molecule has 0 aromatic carbocycles. The molecule has 1 saturated heterocycles. The zero-order chi connectivity index (χ0) is 11.7. The lowest BCUT2D eigenvalue weighted by Crippen LogP contribution is -2.55. The van der Waals surface area contributed by atoms with Crippen LogP contribution in [0.15, 0.2) is 15.9 Å². The summed E-state index contributed by atoms with van der Waals surface area (Å²) in [6, 6.07) is 2.17. The van der Waals surface area contributed by atoms with Crippen LogP contribution in [0.25, 0.3) is 0 Å². The number of halogens is 1. The third-order valence-electron chi connectivity index (χ3n) is 4.34. The van der Waals surface area contributed by atoms with E-state index in [2.05, 4.69) is 32.3 Å². The molecule has 2 heterocycles. The first kappa shape index (κ1) is 12.2. The molecule has 1 spiro atoms. The third-order valence-corrected chi connectivity index (χ3v) is 6.25. The molecule has 17 heavy (non-hydrogen) atoms. The minimum atomic E-state index is 0.709. The van der Waals surface area contributed by atoms with Crippen LogP contribution in [0.1, 0.15) is 43.4 Å². The maximum Gasteiger partial charge on any atom is 0.0339 e. The predicted molar refractivity (Wildman–Crippen MR) is 77.4 cm³/mol. The molecular weight excluding hydrogens is 294 g/mol. The largest absolute Gasteiger partial charge is 0.297 e. The van der Waals surface area contributed by atoms with E-state index >= 15 is 0 Å². The fraction of sp³-hybridized carbons (Fsp3) is 0.714. The van der Waals surface area contributed by atoms with Crippen molar-refractivity contribution >= 4 is 27.3 Å². The number of likely N-dealkylation sites (tertiary alicyclic amines) is 1. The van der Waals surface area contributed by atoms with Crippen molar-refractivity contribution < 1.29 is 0 Å². The summed E-state index contributed by atoms with van der Waals surface area (Å²) < 4.78 is 1.30. The molecule has 1 saturated carbocycles. The third kappa shape index (κ3) is 2.61. The van der Waals surface area contributed by atoms with Crippen molar-refractivity contribution in [3.8, 4) is 0 Å². The van der Waals surface area contributed by atoms with E-state index in [0.29, 0.717) is 5.41 Å². The average molecular weight is 314 g/mol. The van der Waals surface area contributed by atoms with Crippen LogP contribution in [0.5, 0.6) is 0 Å². The van der Waals surface area contributed by atoms with Crippen molar-refractivity contribution in [2.24, 2.45) is 5.41 Å². The molecule has 3 rings (SSSR count). The van der Waals surface area contributed by atoms with Crippen LogP contribution in [0.3, 0.4) is 0 Å². The predicted octanol–water partition coefficient (Wildman–Crippen LogP) is 4.67. The van der Waals surface area contributed by atoms with Gasteiger partial charge in [0.25, 0.3) is 0 Å². The van der Waals surface area contributed by atoms with Gasteiger partial charge in [0.15, 0.2) is 0 Å². The van der Waals surface area contributed by atoms with Crippen LogP contribution in [-0.4, -0.2) is 18.0 Å². The molecular formula is C14H20BrNS. The van der Waals surface area contributed by atoms with Crippen molar-refractivity contribution in [3.63, 3.8) is 0 Å². The molecule has 0 bridgehead atoms. The van der Waals surface area contributed by atoms with E-state index in [4.69, 9.17) is 0 Å². The molecule has 2 aliphatic rings. The maximum atomic E-state index is 3.63. The van der Waals surface area contributed by atoms with E-state index in [-0.39, 0.29) is 0 Å². The Hall–Kier alpha value is 0.140. The van der Waals surface area contributed by atoms with Crippen LogP contribution in [0.2, 0.25) is 0 Å². The molecule has 1 nitrogen and oxygen atoms in total.